The lowest BCUT2D eigenvalue weighted by Gasteiger charge is -2.07. The number of terminal acetylenes is 1. The summed E-state index contributed by atoms with van der Waals surface area (Å²) in [5.74, 6) is 4.23. The highest BCUT2D eigenvalue weighted by Crippen LogP contribution is 2.32. The van der Waals surface area contributed by atoms with Crippen molar-refractivity contribution in [3.8, 4) is 23.8 Å². The van der Waals surface area contributed by atoms with Crippen LogP contribution in [0.3, 0.4) is 0 Å². The summed E-state index contributed by atoms with van der Waals surface area (Å²) in [5.41, 5.74) is 3.01. The van der Waals surface area contributed by atoms with Crippen molar-refractivity contribution < 1.29 is 9.47 Å². The Hall–Kier alpha value is -2.60. The number of benzene rings is 2. The summed E-state index contributed by atoms with van der Waals surface area (Å²) in [4.78, 5) is 0. The van der Waals surface area contributed by atoms with Crippen molar-refractivity contribution in [3.63, 3.8) is 0 Å². The molecule has 3 nitrogen and oxygen atoms in total. The quantitative estimate of drug-likeness (QED) is 0.851. The Morgan fingerprint density at radius 3 is 2.89 bits per heavy atom. The molecule has 0 saturated heterocycles. The van der Waals surface area contributed by atoms with Crippen LogP contribution in [0, 0.1) is 12.3 Å². The van der Waals surface area contributed by atoms with Crippen LogP contribution in [0.2, 0.25) is 0 Å². The Morgan fingerprint density at radius 2 is 2.00 bits per heavy atom. The molecule has 1 aliphatic rings. The highest BCUT2D eigenvalue weighted by molar-refractivity contribution is 5.51. The van der Waals surface area contributed by atoms with E-state index in [0.717, 1.165) is 28.3 Å². The van der Waals surface area contributed by atoms with E-state index in [0.29, 0.717) is 13.3 Å². The summed E-state index contributed by atoms with van der Waals surface area (Å²) in [6, 6.07) is 13.7. The van der Waals surface area contributed by atoms with Crippen LogP contribution in [0.15, 0.2) is 42.5 Å². The number of anilines is 1. The molecule has 2 aromatic rings. The molecule has 19 heavy (non-hydrogen) atoms. The molecule has 0 unspecified atom stereocenters. The van der Waals surface area contributed by atoms with Crippen LogP contribution < -0.4 is 14.8 Å². The fourth-order valence-electron chi connectivity index (χ4n) is 1.97. The van der Waals surface area contributed by atoms with Crippen LogP contribution >= 0.6 is 0 Å². The van der Waals surface area contributed by atoms with Gasteiger partial charge in [0.25, 0.3) is 0 Å². The van der Waals surface area contributed by atoms with Gasteiger partial charge < -0.3 is 14.8 Å². The molecule has 3 rings (SSSR count). The predicted octanol–water partition coefficient (Wildman–Crippen LogP) is 3.01. The molecule has 0 aromatic heterocycles. The minimum atomic E-state index is 0.302. The average Bonchev–Trinajstić information content (AvgIpc) is 2.93. The van der Waals surface area contributed by atoms with Gasteiger partial charge >= 0.3 is 0 Å². The second-order valence-electron chi connectivity index (χ2n) is 4.27. The van der Waals surface area contributed by atoms with Gasteiger partial charge in [0, 0.05) is 17.8 Å². The largest absolute Gasteiger partial charge is 0.454 e. The van der Waals surface area contributed by atoms with Gasteiger partial charge in [-0.1, -0.05) is 18.1 Å². The minimum Gasteiger partial charge on any atom is -0.454 e. The molecule has 0 atom stereocenters. The van der Waals surface area contributed by atoms with Gasteiger partial charge in [-0.2, -0.15) is 0 Å². The first-order valence-corrected chi connectivity index (χ1v) is 6.04. The number of nitrogens with one attached hydrogen (secondary N) is 1. The Kier molecular flexibility index (Phi) is 2.99. The van der Waals surface area contributed by atoms with Crippen molar-refractivity contribution in [2.24, 2.45) is 0 Å². The van der Waals surface area contributed by atoms with E-state index in [1.807, 2.05) is 42.5 Å². The number of hydrogen-bond donors (Lipinski definition) is 1. The van der Waals surface area contributed by atoms with Gasteiger partial charge in [-0.15, -0.1) is 6.42 Å². The standard InChI is InChI=1S/C16H13NO2/c1-2-12-4-3-5-14(8-12)17-10-13-6-7-15-16(9-13)19-11-18-15/h1,3-9,17H,10-11H2. The zero-order valence-electron chi connectivity index (χ0n) is 10.3. The SMILES string of the molecule is C#Cc1cccc(NCc2ccc3c(c2)OCO3)c1. The van der Waals surface area contributed by atoms with Crippen molar-refractivity contribution >= 4 is 5.69 Å². The molecule has 0 fully saturated rings. The Labute approximate surface area is 112 Å². The first kappa shape index (κ1) is 11.5. The van der Waals surface area contributed by atoms with E-state index in [-0.39, 0.29) is 0 Å². The monoisotopic (exact) mass is 251 g/mol. The zero-order valence-corrected chi connectivity index (χ0v) is 10.3. The molecule has 0 amide bonds. The molecule has 0 aliphatic carbocycles. The van der Waals surface area contributed by atoms with E-state index in [1.165, 1.54) is 0 Å². The van der Waals surface area contributed by atoms with Gasteiger partial charge in [-0.3, -0.25) is 0 Å². The first-order valence-electron chi connectivity index (χ1n) is 6.04. The lowest BCUT2D eigenvalue weighted by Crippen LogP contribution is -1.99. The van der Waals surface area contributed by atoms with Gasteiger partial charge in [0.2, 0.25) is 6.79 Å². The normalized spacial score (nSPS) is 11.9. The van der Waals surface area contributed by atoms with Crippen LogP contribution in [0.1, 0.15) is 11.1 Å². The minimum absolute atomic E-state index is 0.302. The number of ether oxygens (including phenoxy) is 2. The van der Waals surface area contributed by atoms with E-state index < -0.39 is 0 Å². The van der Waals surface area contributed by atoms with Crippen LogP contribution in [0.5, 0.6) is 11.5 Å². The fourth-order valence-corrected chi connectivity index (χ4v) is 1.97. The molecule has 3 heteroatoms. The summed E-state index contributed by atoms with van der Waals surface area (Å²) in [5, 5.41) is 3.33. The summed E-state index contributed by atoms with van der Waals surface area (Å²) in [6.07, 6.45) is 5.38. The third-order valence-electron chi connectivity index (χ3n) is 2.96. The average molecular weight is 251 g/mol. The van der Waals surface area contributed by atoms with E-state index in [4.69, 9.17) is 15.9 Å². The number of fused-ring (bicyclic) bond motifs is 1. The molecular weight excluding hydrogens is 238 g/mol. The smallest absolute Gasteiger partial charge is 0.231 e. The summed E-state index contributed by atoms with van der Waals surface area (Å²) < 4.78 is 10.6. The molecule has 0 saturated carbocycles. The highest BCUT2D eigenvalue weighted by Gasteiger charge is 2.12. The van der Waals surface area contributed by atoms with Crippen molar-refractivity contribution in [1.82, 2.24) is 0 Å². The summed E-state index contributed by atoms with van der Waals surface area (Å²) >= 11 is 0. The van der Waals surface area contributed by atoms with Crippen molar-refractivity contribution in [3.05, 3.63) is 53.6 Å². The van der Waals surface area contributed by atoms with Crippen LogP contribution in [0.4, 0.5) is 5.69 Å². The molecule has 0 radical (unpaired) electrons. The van der Waals surface area contributed by atoms with E-state index in [9.17, 15) is 0 Å². The van der Waals surface area contributed by atoms with Gasteiger partial charge in [-0.25, -0.2) is 0 Å². The number of hydrogen-bond acceptors (Lipinski definition) is 3. The molecule has 1 heterocycles. The van der Waals surface area contributed by atoms with Gasteiger partial charge in [0.15, 0.2) is 11.5 Å². The first-order chi connectivity index (χ1) is 9.35. The van der Waals surface area contributed by atoms with E-state index in [2.05, 4.69) is 11.2 Å². The molecule has 1 N–H and O–H groups in total. The lowest BCUT2D eigenvalue weighted by molar-refractivity contribution is 0.174. The third-order valence-corrected chi connectivity index (χ3v) is 2.96. The topological polar surface area (TPSA) is 30.5 Å². The predicted molar refractivity (Wildman–Crippen MR) is 74.3 cm³/mol. The van der Waals surface area contributed by atoms with Gasteiger partial charge in [-0.05, 0) is 35.9 Å². The van der Waals surface area contributed by atoms with Crippen LogP contribution in [-0.4, -0.2) is 6.79 Å². The number of rotatable bonds is 3. The zero-order chi connectivity index (χ0) is 13.1. The maximum absolute atomic E-state index is 5.38. The fraction of sp³-hybridized carbons (Fsp3) is 0.125. The molecule has 0 spiro atoms. The molecule has 94 valence electrons. The van der Waals surface area contributed by atoms with E-state index in [1.54, 1.807) is 0 Å². The highest BCUT2D eigenvalue weighted by atomic mass is 16.7. The Bertz CT molecular complexity index is 643. The summed E-state index contributed by atoms with van der Waals surface area (Å²) in [6.45, 7) is 1.01. The summed E-state index contributed by atoms with van der Waals surface area (Å²) in [7, 11) is 0. The van der Waals surface area contributed by atoms with E-state index >= 15 is 0 Å². The lowest BCUT2D eigenvalue weighted by atomic mass is 10.1. The second-order valence-corrected chi connectivity index (χ2v) is 4.27. The van der Waals surface area contributed by atoms with Crippen molar-refractivity contribution in [1.29, 1.82) is 0 Å². The van der Waals surface area contributed by atoms with Crippen molar-refractivity contribution in [2.45, 2.75) is 6.54 Å². The Morgan fingerprint density at radius 1 is 1.11 bits per heavy atom. The van der Waals surface area contributed by atoms with Crippen LogP contribution in [0.25, 0.3) is 0 Å². The maximum atomic E-state index is 5.38. The van der Waals surface area contributed by atoms with Gasteiger partial charge in [0.1, 0.15) is 0 Å². The molecule has 1 aliphatic heterocycles. The Balaban J connectivity index is 1.70. The second kappa shape index (κ2) is 4.95. The third kappa shape index (κ3) is 2.48. The molecule has 0 bridgehead atoms. The van der Waals surface area contributed by atoms with Crippen molar-refractivity contribution in [2.75, 3.05) is 12.1 Å². The van der Waals surface area contributed by atoms with Crippen LogP contribution in [-0.2, 0) is 6.54 Å². The van der Waals surface area contributed by atoms with Gasteiger partial charge in [0.05, 0.1) is 0 Å². The maximum Gasteiger partial charge on any atom is 0.231 e. The molecule has 2 aromatic carbocycles. The molecular formula is C16H13NO2.